The second-order valence-corrected chi connectivity index (χ2v) is 6.70. The predicted molar refractivity (Wildman–Crippen MR) is 93.5 cm³/mol. The van der Waals surface area contributed by atoms with Gasteiger partial charge in [-0.05, 0) is 31.4 Å². The molecule has 1 aromatic carbocycles. The molecule has 1 aliphatic heterocycles. The minimum atomic E-state index is -0.932. The molecule has 1 saturated heterocycles. The molecule has 1 amide bonds. The summed E-state index contributed by atoms with van der Waals surface area (Å²) >= 11 is 0. The van der Waals surface area contributed by atoms with Gasteiger partial charge < -0.3 is 14.7 Å². The average Bonchev–Trinajstić information content (AvgIpc) is 3.24. The van der Waals surface area contributed by atoms with E-state index in [1.165, 1.54) is 0 Å². The van der Waals surface area contributed by atoms with E-state index in [9.17, 15) is 9.59 Å². The minimum absolute atomic E-state index is 0.118. The standard InChI is InChI=1S/C19H21N3O4/c23-17(24)11-14-12-26-10-9-21(14)19(25)18-15-7-4-8-16(15)22(20-18)13-5-2-1-3-6-13/h1-3,5-6,14H,4,7-12H2,(H,23,24). The van der Waals surface area contributed by atoms with Crippen LogP contribution in [0.4, 0.5) is 0 Å². The van der Waals surface area contributed by atoms with Gasteiger partial charge in [-0.1, -0.05) is 18.2 Å². The number of hydrogen-bond donors (Lipinski definition) is 1. The van der Waals surface area contributed by atoms with E-state index in [4.69, 9.17) is 9.84 Å². The third-order valence-electron chi connectivity index (χ3n) is 5.03. The zero-order chi connectivity index (χ0) is 18.1. The van der Waals surface area contributed by atoms with Crippen molar-refractivity contribution in [3.05, 3.63) is 47.3 Å². The average molecular weight is 355 g/mol. The van der Waals surface area contributed by atoms with Crippen LogP contribution in [0.3, 0.4) is 0 Å². The number of aliphatic carboxylic acids is 1. The highest BCUT2D eigenvalue weighted by Gasteiger charge is 2.34. The summed E-state index contributed by atoms with van der Waals surface area (Å²) in [5.41, 5.74) is 3.48. The lowest BCUT2D eigenvalue weighted by atomic mass is 10.1. The number of amides is 1. The summed E-state index contributed by atoms with van der Waals surface area (Å²) in [7, 11) is 0. The fourth-order valence-corrected chi connectivity index (χ4v) is 3.82. The van der Waals surface area contributed by atoms with Crippen LogP contribution < -0.4 is 0 Å². The molecule has 1 atom stereocenters. The van der Waals surface area contributed by atoms with Gasteiger partial charge in [-0.15, -0.1) is 0 Å². The van der Waals surface area contributed by atoms with Crippen LogP contribution in [0, 0.1) is 0 Å². The van der Waals surface area contributed by atoms with E-state index in [0.717, 1.165) is 36.2 Å². The molecule has 26 heavy (non-hydrogen) atoms. The molecule has 0 saturated carbocycles. The SMILES string of the molecule is O=C(O)CC1COCCN1C(=O)c1nn(-c2ccccc2)c2c1CCC2. The van der Waals surface area contributed by atoms with Crippen LogP contribution in [0.25, 0.3) is 5.69 Å². The molecule has 7 heteroatoms. The summed E-state index contributed by atoms with van der Waals surface area (Å²) in [6.07, 6.45) is 2.61. The molecule has 2 aliphatic rings. The number of nitrogens with zero attached hydrogens (tertiary/aromatic N) is 3. The van der Waals surface area contributed by atoms with Gasteiger partial charge in [-0.25, -0.2) is 4.68 Å². The molecule has 1 aliphatic carbocycles. The van der Waals surface area contributed by atoms with Crippen molar-refractivity contribution in [2.45, 2.75) is 31.7 Å². The molecule has 7 nitrogen and oxygen atoms in total. The first-order valence-corrected chi connectivity index (χ1v) is 8.92. The van der Waals surface area contributed by atoms with Crippen LogP contribution in [0.15, 0.2) is 30.3 Å². The molecule has 1 unspecified atom stereocenters. The summed E-state index contributed by atoms with van der Waals surface area (Å²) in [6, 6.07) is 9.34. The highest BCUT2D eigenvalue weighted by molar-refractivity contribution is 5.95. The Labute approximate surface area is 151 Å². The molecule has 1 N–H and O–H groups in total. The smallest absolute Gasteiger partial charge is 0.305 e. The van der Waals surface area contributed by atoms with Crippen molar-refractivity contribution in [2.24, 2.45) is 0 Å². The summed E-state index contributed by atoms with van der Waals surface area (Å²) in [5.74, 6) is -1.12. The maximum absolute atomic E-state index is 13.2. The minimum Gasteiger partial charge on any atom is -0.481 e. The molecule has 136 valence electrons. The molecule has 2 aromatic rings. The number of carboxylic acids is 1. The monoisotopic (exact) mass is 355 g/mol. The van der Waals surface area contributed by atoms with Gasteiger partial charge in [0, 0.05) is 17.8 Å². The number of benzene rings is 1. The van der Waals surface area contributed by atoms with Gasteiger partial charge in [0.15, 0.2) is 5.69 Å². The van der Waals surface area contributed by atoms with Gasteiger partial charge in [0.25, 0.3) is 5.91 Å². The Kier molecular flexibility index (Phi) is 4.46. The third kappa shape index (κ3) is 2.99. The quantitative estimate of drug-likeness (QED) is 0.902. The molecule has 1 aromatic heterocycles. The third-order valence-corrected chi connectivity index (χ3v) is 5.03. The van der Waals surface area contributed by atoms with Crippen LogP contribution in [-0.2, 0) is 22.4 Å². The van der Waals surface area contributed by atoms with Crippen molar-refractivity contribution in [3.63, 3.8) is 0 Å². The molecular weight excluding hydrogens is 334 g/mol. The molecule has 2 heterocycles. The van der Waals surface area contributed by atoms with Crippen molar-refractivity contribution in [1.29, 1.82) is 0 Å². The lowest BCUT2D eigenvalue weighted by Crippen LogP contribution is -2.49. The Morgan fingerprint density at radius 3 is 2.81 bits per heavy atom. The first-order chi connectivity index (χ1) is 12.6. The fraction of sp³-hybridized carbons (Fsp3) is 0.421. The van der Waals surface area contributed by atoms with Crippen LogP contribution >= 0.6 is 0 Å². The number of aromatic nitrogens is 2. The normalized spacial score (nSPS) is 19.4. The Balaban J connectivity index is 1.69. The maximum Gasteiger partial charge on any atom is 0.305 e. The molecule has 0 radical (unpaired) electrons. The molecule has 4 rings (SSSR count). The highest BCUT2D eigenvalue weighted by atomic mass is 16.5. The van der Waals surface area contributed by atoms with E-state index in [1.54, 1.807) is 4.90 Å². The Morgan fingerprint density at radius 2 is 2.04 bits per heavy atom. The van der Waals surface area contributed by atoms with Crippen molar-refractivity contribution < 1.29 is 19.4 Å². The van der Waals surface area contributed by atoms with Gasteiger partial charge in [0.1, 0.15) is 0 Å². The Hall–Kier alpha value is -2.67. The van der Waals surface area contributed by atoms with E-state index >= 15 is 0 Å². The Bertz CT molecular complexity index is 831. The molecule has 0 spiro atoms. The predicted octanol–water partition coefficient (Wildman–Crippen LogP) is 1.68. The summed E-state index contributed by atoms with van der Waals surface area (Å²) in [6.45, 7) is 1.06. The highest BCUT2D eigenvalue weighted by Crippen LogP contribution is 2.29. The van der Waals surface area contributed by atoms with Crippen LogP contribution in [0.1, 0.15) is 34.6 Å². The lowest BCUT2D eigenvalue weighted by molar-refractivity contribution is -0.139. The summed E-state index contributed by atoms with van der Waals surface area (Å²) in [5, 5.41) is 13.8. The zero-order valence-electron chi connectivity index (χ0n) is 14.4. The van der Waals surface area contributed by atoms with E-state index < -0.39 is 12.0 Å². The molecule has 1 fully saturated rings. The van der Waals surface area contributed by atoms with Crippen LogP contribution in [-0.4, -0.2) is 57.5 Å². The van der Waals surface area contributed by atoms with Crippen molar-refractivity contribution >= 4 is 11.9 Å². The number of hydrogen-bond acceptors (Lipinski definition) is 4. The van der Waals surface area contributed by atoms with Gasteiger partial charge in [-0.2, -0.15) is 5.10 Å². The zero-order valence-corrected chi connectivity index (χ0v) is 14.4. The topological polar surface area (TPSA) is 84.7 Å². The molecule has 0 bridgehead atoms. The Morgan fingerprint density at radius 1 is 1.23 bits per heavy atom. The van der Waals surface area contributed by atoms with E-state index in [0.29, 0.717) is 18.8 Å². The first-order valence-electron chi connectivity index (χ1n) is 8.92. The van der Waals surface area contributed by atoms with E-state index in [-0.39, 0.29) is 18.9 Å². The van der Waals surface area contributed by atoms with Crippen LogP contribution in [0.5, 0.6) is 0 Å². The number of rotatable bonds is 4. The van der Waals surface area contributed by atoms with Crippen molar-refractivity contribution in [1.82, 2.24) is 14.7 Å². The number of carbonyl (C=O) groups is 2. The summed E-state index contributed by atoms with van der Waals surface area (Å²) < 4.78 is 7.25. The second kappa shape index (κ2) is 6.92. The maximum atomic E-state index is 13.2. The van der Waals surface area contributed by atoms with Gasteiger partial charge >= 0.3 is 5.97 Å². The van der Waals surface area contributed by atoms with Crippen molar-refractivity contribution in [3.8, 4) is 5.69 Å². The number of morpholine rings is 1. The number of para-hydroxylation sites is 1. The van der Waals surface area contributed by atoms with E-state index in [1.807, 2.05) is 35.0 Å². The molecular formula is C19H21N3O4. The number of ether oxygens (including phenoxy) is 1. The lowest BCUT2D eigenvalue weighted by Gasteiger charge is -2.34. The van der Waals surface area contributed by atoms with E-state index in [2.05, 4.69) is 5.10 Å². The van der Waals surface area contributed by atoms with Crippen LogP contribution in [0.2, 0.25) is 0 Å². The van der Waals surface area contributed by atoms with Gasteiger partial charge in [0.2, 0.25) is 0 Å². The van der Waals surface area contributed by atoms with Gasteiger partial charge in [-0.3, -0.25) is 9.59 Å². The number of carboxylic acid groups (broad SMARTS) is 1. The first kappa shape index (κ1) is 16.8. The van der Waals surface area contributed by atoms with Crippen molar-refractivity contribution in [2.75, 3.05) is 19.8 Å². The number of carbonyl (C=O) groups excluding carboxylic acids is 1. The largest absolute Gasteiger partial charge is 0.481 e. The second-order valence-electron chi connectivity index (χ2n) is 6.70. The fourth-order valence-electron chi connectivity index (χ4n) is 3.82. The number of fused-ring (bicyclic) bond motifs is 1. The van der Waals surface area contributed by atoms with Gasteiger partial charge in [0.05, 0.1) is 31.4 Å². The summed E-state index contributed by atoms with van der Waals surface area (Å²) in [4.78, 5) is 26.0.